The second-order valence-corrected chi connectivity index (χ2v) is 7.10. The van der Waals surface area contributed by atoms with Gasteiger partial charge in [-0.3, -0.25) is 10.00 Å². The van der Waals surface area contributed by atoms with Crippen molar-refractivity contribution in [2.75, 3.05) is 5.32 Å². The Morgan fingerprint density at radius 1 is 1.10 bits per heavy atom. The zero-order valence-corrected chi connectivity index (χ0v) is 16.9. The summed E-state index contributed by atoms with van der Waals surface area (Å²) in [4.78, 5) is 16.8. The van der Waals surface area contributed by atoms with E-state index >= 15 is 0 Å². The second kappa shape index (κ2) is 7.43. The molecule has 0 aliphatic carbocycles. The van der Waals surface area contributed by atoms with Crippen molar-refractivity contribution in [2.45, 2.75) is 20.5 Å². The minimum Gasteiger partial charge on any atom is -0.444 e. The highest BCUT2D eigenvalue weighted by Crippen LogP contribution is 2.24. The number of ether oxygens (including phenoxy) is 1. The van der Waals surface area contributed by atoms with E-state index in [1.165, 1.54) is 0 Å². The van der Waals surface area contributed by atoms with E-state index in [1.54, 1.807) is 11.7 Å². The summed E-state index contributed by atoms with van der Waals surface area (Å²) in [6.07, 6.45) is -0.526. The zero-order valence-electron chi connectivity index (χ0n) is 16.9. The highest BCUT2D eigenvalue weighted by atomic mass is 16.5. The van der Waals surface area contributed by atoms with Crippen LogP contribution in [0.4, 0.5) is 10.6 Å². The van der Waals surface area contributed by atoms with Crippen molar-refractivity contribution >= 4 is 22.9 Å². The Morgan fingerprint density at radius 2 is 1.90 bits per heavy atom. The van der Waals surface area contributed by atoms with Gasteiger partial charge < -0.3 is 9.30 Å². The molecule has 0 fully saturated rings. The maximum Gasteiger partial charge on any atom is 0.413 e. The molecule has 0 saturated carbocycles. The fourth-order valence-electron chi connectivity index (χ4n) is 3.32. The van der Waals surface area contributed by atoms with Gasteiger partial charge in [-0.2, -0.15) is 5.10 Å². The zero-order chi connectivity index (χ0) is 20.5. The van der Waals surface area contributed by atoms with E-state index in [2.05, 4.69) is 15.4 Å². The van der Waals surface area contributed by atoms with E-state index in [1.807, 2.05) is 74.0 Å². The molecule has 0 saturated heterocycles. The van der Waals surface area contributed by atoms with Gasteiger partial charge in [-0.15, -0.1) is 0 Å². The standard InChI is InChI=1S/C22H23N5O2/c1-14-7-5-6-8-17(14)18-12-21(27(4)25-18)24-22(28)29-13-16-9-10-20-19(11-16)23-15(2)26(20)3/h5-12H,13H2,1-4H3,(H,24,28). The van der Waals surface area contributed by atoms with E-state index < -0.39 is 6.09 Å². The van der Waals surface area contributed by atoms with Gasteiger partial charge in [0.1, 0.15) is 18.2 Å². The number of amides is 1. The number of nitrogens with one attached hydrogen (secondary N) is 1. The summed E-state index contributed by atoms with van der Waals surface area (Å²) in [6.45, 7) is 4.16. The number of carbonyl (C=O) groups is 1. The Labute approximate surface area is 168 Å². The molecule has 0 aliphatic heterocycles. The summed E-state index contributed by atoms with van der Waals surface area (Å²) < 4.78 is 9.05. The van der Waals surface area contributed by atoms with Crippen LogP contribution in [0, 0.1) is 13.8 Å². The third-order valence-corrected chi connectivity index (χ3v) is 5.07. The third-order valence-electron chi connectivity index (χ3n) is 5.07. The normalized spacial score (nSPS) is 11.0. The minimum absolute atomic E-state index is 0.167. The second-order valence-electron chi connectivity index (χ2n) is 7.10. The minimum atomic E-state index is -0.526. The van der Waals surface area contributed by atoms with Crippen LogP contribution in [0.5, 0.6) is 0 Å². The molecule has 29 heavy (non-hydrogen) atoms. The number of aryl methyl sites for hydroxylation is 4. The van der Waals surface area contributed by atoms with Gasteiger partial charge in [0, 0.05) is 25.7 Å². The topological polar surface area (TPSA) is 74.0 Å². The molecule has 4 rings (SSSR count). The molecule has 2 heterocycles. The lowest BCUT2D eigenvalue weighted by molar-refractivity contribution is 0.155. The molecule has 1 N–H and O–H groups in total. The van der Waals surface area contributed by atoms with Crippen LogP contribution in [-0.4, -0.2) is 25.4 Å². The molecule has 0 radical (unpaired) electrons. The fourth-order valence-corrected chi connectivity index (χ4v) is 3.32. The van der Waals surface area contributed by atoms with E-state index in [0.29, 0.717) is 5.82 Å². The summed E-state index contributed by atoms with van der Waals surface area (Å²) in [6, 6.07) is 15.7. The fraction of sp³-hybridized carbons (Fsp3) is 0.227. The van der Waals surface area contributed by atoms with Crippen molar-refractivity contribution in [1.82, 2.24) is 19.3 Å². The number of carbonyl (C=O) groups excluding carboxylic acids is 1. The first-order valence-corrected chi connectivity index (χ1v) is 9.38. The first-order chi connectivity index (χ1) is 13.9. The van der Waals surface area contributed by atoms with Crippen LogP contribution < -0.4 is 5.32 Å². The van der Waals surface area contributed by atoms with Gasteiger partial charge in [0.15, 0.2) is 0 Å². The Balaban J connectivity index is 1.43. The van der Waals surface area contributed by atoms with Gasteiger partial charge >= 0.3 is 6.09 Å². The number of hydrogen-bond donors (Lipinski definition) is 1. The van der Waals surface area contributed by atoms with Crippen LogP contribution in [0.25, 0.3) is 22.3 Å². The van der Waals surface area contributed by atoms with E-state index in [9.17, 15) is 4.79 Å². The van der Waals surface area contributed by atoms with Gasteiger partial charge in [-0.05, 0) is 37.1 Å². The Morgan fingerprint density at radius 3 is 2.69 bits per heavy atom. The van der Waals surface area contributed by atoms with Crippen LogP contribution in [0.3, 0.4) is 0 Å². The molecule has 0 bridgehead atoms. The van der Waals surface area contributed by atoms with Gasteiger partial charge in [-0.25, -0.2) is 9.78 Å². The molecule has 1 amide bonds. The van der Waals surface area contributed by atoms with Gasteiger partial charge in [-0.1, -0.05) is 30.3 Å². The van der Waals surface area contributed by atoms with Crippen LogP contribution in [0.1, 0.15) is 17.0 Å². The molecule has 4 aromatic rings. The van der Waals surface area contributed by atoms with Crippen molar-refractivity contribution in [1.29, 1.82) is 0 Å². The van der Waals surface area contributed by atoms with Crippen molar-refractivity contribution in [3.63, 3.8) is 0 Å². The van der Waals surface area contributed by atoms with Gasteiger partial charge in [0.25, 0.3) is 0 Å². The summed E-state index contributed by atoms with van der Waals surface area (Å²) in [7, 11) is 3.77. The largest absolute Gasteiger partial charge is 0.444 e. The quantitative estimate of drug-likeness (QED) is 0.563. The van der Waals surface area contributed by atoms with E-state index in [4.69, 9.17) is 4.74 Å². The van der Waals surface area contributed by atoms with Crippen molar-refractivity contribution in [3.05, 3.63) is 65.5 Å². The molecule has 2 aromatic heterocycles. The highest BCUT2D eigenvalue weighted by molar-refractivity contribution is 5.84. The van der Waals surface area contributed by atoms with Crippen LogP contribution in [0.2, 0.25) is 0 Å². The van der Waals surface area contributed by atoms with Gasteiger partial charge in [0.05, 0.1) is 16.7 Å². The number of benzene rings is 2. The monoisotopic (exact) mass is 389 g/mol. The highest BCUT2D eigenvalue weighted by Gasteiger charge is 2.13. The number of imidazole rings is 1. The molecule has 0 atom stereocenters. The number of anilines is 1. The van der Waals surface area contributed by atoms with Gasteiger partial charge in [0.2, 0.25) is 0 Å². The first-order valence-electron chi connectivity index (χ1n) is 9.38. The Bertz CT molecular complexity index is 1210. The molecular weight excluding hydrogens is 366 g/mol. The molecule has 0 spiro atoms. The van der Waals surface area contributed by atoms with Crippen molar-refractivity contribution in [2.24, 2.45) is 14.1 Å². The average Bonchev–Trinajstić information content (AvgIpc) is 3.19. The number of nitrogens with zero attached hydrogens (tertiary/aromatic N) is 4. The lowest BCUT2D eigenvalue weighted by Crippen LogP contribution is -2.15. The summed E-state index contributed by atoms with van der Waals surface area (Å²) in [5.41, 5.74) is 5.78. The van der Waals surface area contributed by atoms with Crippen LogP contribution in [0.15, 0.2) is 48.5 Å². The lowest BCUT2D eigenvalue weighted by Gasteiger charge is -2.07. The molecule has 0 unspecified atom stereocenters. The predicted molar refractivity (Wildman–Crippen MR) is 113 cm³/mol. The molecule has 7 heteroatoms. The SMILES string of the molecule is Cc1ccccc1-c1cc(NC(=O)OCc2ccc3c(c2)nc(C)n3C)n(C)n1. The number of fused-ring (bicyclic) bond motifs is 1. The maximum absolute atomic E-state index is 12.3. The Hall–Kier alpha value is -3.61. The summed E-state index contributed by atoms with van der Waals surface area (Å²) in [5, 5.41) is 7.25. The lowest BCUT2D eigenvalue weighted by atomic mass is 10.1. The number of aromatic nitrogens is 4. The van der Waals surface area contributed by atoms with Crippen LogP contribution >= 0.6 is 0 Å². The molecule has 148 valence electrons. The Kier molecular flexibility index (Phi) is 4.80. The maximum atomic E-state index is 12.3. The van der Waals surface area contributed by atoms with E-state index in [0.717, 1.165) is 39.2 Å². The van der Waals surface area contributed by atoms with Crippen molar-refractivity contribution < 1.29 is 9.53 Å². The number of rotatable bonds is 4. The predicted octanol–water partition coefficient (Wildman–Crippen LogP) is 4.34. The first kappa shape index (κ1) is 18.7. The molecule has 0 aliphatic rings. The smallest absolute Gasteiger partial charge is 0.413 e. The summed E-state index contributed by atoms with van der Waals surface area (Å²) >= 11 is 0. The third kappa shape index (κ3) is 3.71. The summed E-state index contributed by atoms with van der Waals surface area (Å²) in [5.74, 6) is 1.51. The van der Waals surface area contributed by atoms with E-state index in [-0.39, 0.29) is 6.61 Å². The van der Waals surface area contributed by atoms with Crippen LogP contribution in [-0.2, 0) is 25.4 Å². The molecular formula is C22H23N5O2. The molecule has 2 aromatic carbocycles. The number of hydrogen-bond acceptors (Lipinski definition) is 4. The van der Waals surface area contributed by atoms with Crippen molar-refractivity contribution in [3.8, 4) is 11.3 Å². The average molecular weight is 389 g/mol. The molecule has 7 nitrogen and oxygen atoms in total.